The highest BCUT2D eigenvalue weighted by Gasteiger charge is 2.11. The second-order valence-corrected chi connectivity index (χ2v) is 3.52. The van der Waals surface area contributed by atoms with Crippen molar-refractivity contribution in [2.45, 2.75) is 4.90 Å². The summed E-state index contributed by atoms with van der Waals surface area (Å²) in [5.74, 6) is 1.74. The lowest BCUT2D eigenvalue weighted by Crippen LogP contribution is -2.19. The minimum atomic E-state index is 0.828. The molecule has 1 aliphatic rings. The molecule has 0 fully saturated rings. The SMILES string of the molecule is COc1ccc(S)c(C2=NCCN2)c1. The monoisotopic (exact) mass is 208 g/mol. The molecule has 1 N–H and O–H groups in total. The zero-order valence-corrected chi connectivity index (χ0v) is 8.84. The van der Waals surface area contributed by atoms with Crippen LogP contribution in [0.3, 0.4) is 0 Å². The summed E-state index contributed by atoms with van der Waals surface area (Å²) in [5, 5.41) is 3.21. The van der Waals surface area contributed by atoms with Gasteiger partial charge in [-0.3, -0.25) is 4.99 Å². The standard InChI is InChI=1S/C10H12N2OS/c1-13-7-2-3-9(14)8(6-7)10-11-4-5-12-10/h2-3,6,14H,4-5H2,1H3,(H,11,12). The largest absolute Gasteiger partial charge is 0.497 e. The average Bonchev–Trinajstić information content (AvgIpc) is 2.71. The van der Waals surface area contributed by atoms with Crippen molar-refractivity contribution in [3.63, 3.8) is 0 Å². The first-order valence-electron chi connectivity index (χ1n) is 4.47. The number of methoxy groups -OCH3 is 1. The van der Waals surface area contributed by atoms with E-state index < -0.39 is 0 Å². The Kier molecular flexibility index (Phi) is 2.63. The van der Waals surface area contributed by atoms with Gasteiger partial charge < -0.3 is 10.1 Å². The number of thiol groups is 1. The molecule has 1 aromatic carbocycles. The number of ether oxygens (including phenoxy) is 1. The summed E-state index contributed by atoms with van der Waals surface area (Å²) in [5.41, 5.74) is 1.00. The van der Waals surface area contributed by atoms with Gasteiger partial charge >= 0.3 is 0 Å². The Morgan fingerprint density at radius 2 is 2.36 bits per heavy atom. The summed E-state index contributed by atoms with van der Waals surface area (Å²) in [7, 11) is 1.65. The molecule has 0 amide bonds. The molecule has 3 nitrogen and oxygen atoms in total. The van der Waals surface area contributed by atoms with Gasteiger partial charge in [0.1, 0.15) is 11.6 Å². The molecule has 1 aromatic rings. The number of aliphatic imine (C=N–C) groups is 1. The molecule has 0 radical (unpaired) electrons. The van der Waals surface area contributed by atoms with Crippen LogP contribution < -0.4 is 10.1 Å². The molecule has 4 heteroatoms. The van der Waals surface area contributed by atoms with Gasteiger partial charge in [0.25, 0.3) is 0 Å². The minimum Gasteiger partial charge on any atom is -0.497 e. The molecule has 2 rings (SSSR count). The van der Waals surface area contributed by atoms with Crippen LogP contribution in [0.15, 0.2) is 28.1 Å². The van der Waals surface area contributed by atoms with E-state index in [2.05, 4.69) is 22.9 Å². The molecule has 0 unspecified atom stereocenters. The normalized spacial score (nSPS) is 14.9. The molecule has 1 aliphatic heterocycles. The third kappa shape index (κ3) is 1.70. The van der Waals surface area contributed by atoms with Crippen LogP contribution in [0.1, 0.15) is 5.56 Å². The Morgan fingerprint density at radius 3 is 3.00 bits per heavy atom. The predicted octanol–water partition coefficient (Wildman–Crippen LogP) is 1.33. The maximum Gasteiger partial charge on any atom is 0.129 e. The smallest absolute Gasteiger partial charge is 0.129 e. The third-order valence-electron chi connectivity index (χ3n) is 2.13. The summed E-state index contributed by atoms with van der Waals surface area (Å²) in [6.07, 6.45) is 0. The highest BCUT2D eigenvalue weighted by molar-refractivity contribution is 7.80. The number of amidine groups is 1. The van der Waals surface area contributed by atoms with Crippen molar-refractivity contribution in [3.8, 4) is 5.75 Å². The van der Waals surface area contributed by atoms with Crippen LogP contribution in [0.2, 0.25) is 0 Å². The van der Waals surface area contributed by atoms with E-state index in [-0.39, 0.29) is 0 Å². The fraction of sp³-hybridized carbons (Fsp3) is 0.300. The summed E-state index contributed by atoms with van der Waals surface area (Å²) in [6, 6.07) is 5.75. The van der Waals surface area contributed by atoms with Crippen molar-refractivity contribution >= 4 is 18.5 Å². The van der Waals surface area contributed by atoms with Gasteiger partial charge in [0, 0.05) is 17.0 Å². The van der Waals surface area contributed by atoms with Crippen LogP contribution in [0, 0.1) is 0 Å². The van der Waals surface area contributed by atoms with E-state index >= 15 is 0 Å². The molecular formula is C10H12N2OS. The highest BCUT2D eigenvalue weighted by Crippen LogP contribution is 2.21. The van der Waals surface area contributed by atoms with Crippen molar-refractivity contribution in [1.29, 1.82) is 0 Å². The van der Waals surface area contributed by atoms with Gasteiger partial charge in [-0.1, -0.05) is 0 Å². The van der Waals surface area contributed by atoms with Gasteiger partial charge in [0.05, 0.1) is 13.7 Å². The van der Waals surface area contributed by atoms with E-state index in [4.69, 9.17) is 4.74 Å². The van der Waals surface area contributed by atoms with E-state index in [1.54, 1.807) is 7.11 Å². The highest BCUT2D eigenvalue weighted by atomic mass is 32.1. The van der Waals surface area contributed by atoms with Crippen LogP contribution in [-0.2, 0) is 0 Å². The number of rotatable bonds is 2. The van der Waals surface area contributed by atoms with E-state index in [0.29, 0.717) is 0 Å². The Hall–Kier alpha value is -1.16. The van der Waals surface area contributed by atoms with Crippen molar-refractivity contribution in [2.75, 3.05) is 20.2 Å². The molecule has 0 aliphatic carbocycles. The Morgan fingerprint density at radius 1 is 1.50 bits per heavy atom. The van der Waals surface area contributed by atoms with Crippen LogP contribution in [0.4, 0.5) is 0 Å². The lowest BCUT2D eigenvalue weighted by atomic mass is 10.2. The third-order valence-corrected chi connectivity index (χ3v) is 2.52. The zero-order chi connectivity index (χ0) is 9.97. The summed E-state index contributed by atoms with van der Waals surface area (Å²) in [4.78, 5) is 5.26. The molecule has 14 heavy (non-hydrogen) atoms. The van der Waals surface area contributed by atoms with Gasteiger partial charge in [-0.15, -0.1) is 12.6 Å². The van der Waals surface area contributed by atoms with E-state index in [0.717, 1.165) is 35.1 Å². The second-order valence-electron chi connectivity index (χ2n) is 3.04. The van der Waals surface area contributed by atoms with Crippen LogP contribution in [0.5, 0.6) is 5.75 Å². The van der Waals surface area contributed by atoms with Crippen molar-refractivity contribution in [1.82, 2.24) is 5.32 Å². The maximum atomic E-state index is 5.15. The zero-order valence-electron chi connectivity index (χ0n) is 7.95. The summed E-state index contributed by atoms with van der Waals surface area (Å²) >= 11 is 4.38. The van der Waals surface area contributed by atoms with E-state index in [1.165, 1.54) is 0 Å². The molecule has 0 saturated carbocycles. The van der Waals surface area contributed by atoms with Gasteiger partial charge in [0.15, 0.2) is 0 Å². The van der Waals surface area contributed by atoms with E-state index in [1.807, 2.05) is 18.2 Å². The summed E-state index contributed by atoms with van der Waals surface area (Å²) < 4.78 is 5.15. The van der Waals surface area contributed by atoms with Crippen LogP contribution in [0.25, 0.3) is 0 Å². The van der Waals surface area contributed by atoms with E-state index in [9.17, 15) is 0 Å². The first-order chi connectivity index (χ1) is 6.81. The second kappa shape index (κ2) is 3.92. The molecule has 0 bridgehead atoms. The molecule has 74 valence electrons. The Bertz CT molecular complexity index is 376. The first kappa shape index (κ1) is 9.40. The van der Waals surface area contributed by atoms with Crippen LogP contribution in [-0.4, -0.2) is 26.0 Å². The van der Waals surface area contributed by atoms with Crippen molar-refractivity contribution in [3.05, 3.63) is 23.8 Å². The molecule has 0 atom stereocenters. The number of hydrogen-bond acceptors (Lipinski definition) is 4. The molecule has 0 spiro atoms. The van der Waals surface area contributed by atoms with Crippen molar-refractivity contribution in [2.24, 2.45) is 4.99 Å². The number of nitrogens with zero attached hydrogens (tertiary/aromatic N) is 1. The fourth-order valence-corrected chi connectivity index (χ4v) is 1.66. The quantitative estimate of drug-likeness (QED) is 0.719. The molecule has 1 heterocycles. The number of benzene rings is 1. The Labute approximate surface area is 88.6 Å². The lowest BCUT2D eigenvalue weighted by molar-refractivity contribution is 0.414. The maximum absolute atomic E-state index is 5.15. The molecule has 0 saturated heterocycles. The lowest BCUT2D eigenvalue weighted by Gasteiger charge is -2.07. The van der Waals surface area contributed by atoms with Crippen molar-refractivity contribution < 1.29 is 4.74 Å². The van der Waals surface area contributed by atoms with Gasteiger partial charge in [-0.25, -0.2) is 0 Å². The predicted molar refractivity (Wildman–Crippen MR) is 59.7 cm³/mol. The fourth-order valence-electron chi connectivity index (χ4n) is 1.41. The summed E-state index contributed by atoms with van der Waals surface area (Å²) in [6.45, 7) is 1.74. The minimum absolute atomic E-state index is 0.828. The first-order valence-corrected chi connectivity index (χ1v) is 4.91. The van der Waals surface area contributed by atoms with Gasteiger partial charge in [0.2, 0.25) is 0 Å². The average molecular weight is 208 g/mol. The topological polar surface area (TPSA) is 33.6 Å². The molecular weight excluding hydrogens is 196 g/mol. The number of hydrogen-bond donors (Lipinski definition) is 2. The number of nitrogens with one attached hydrogen (secondary N) is 1. The molecule has 0 aromatic heterocycles. The van der Waals surface area contributed by atoms with Gasteiger partial charge in [-0.05, 0) is 18.2 Å². The Balaban J connectivity index is 2.40. The van der Waals surface area contributed by atoms with Crippen LogP contribution >= 0.6 is 12.6 Å². The van der Waals surface area contributed by atoms with Gasteiger partial charge in [-0.2, -0.15) is 0 Å².